The molecule has 21 heavy (non-hydrogen) atoms. The molecule has 114 valence electrons. The molecule has 2 N–H and O–H groups in total. The van der Waals surface area contributed by atoms with Crippen molar-refractivity contribution in [1.82, 2.24) is 15.0 Å². The second kappa shape index (κ2) is 6.61. The molecule has 0 saturated heterocycles. The first kappa shape index (κ1) is 16.0. The van der Waals surface area contributed by atoms with Crippen LogP contribution in [0.15, 0.2) is 28.6 Å². The second-order valence-corrected chi connectivity index (χ2v) is 7.16. The molecule has 0 spiro atoms. The van der Waals surface area contributed by atoms with Crippen LogP contribution in [0.4, 0.5) is 4.39 Å². The second-order valence-electron chi connectivity index (χ2n) is 4.48. The number of thiazole rings is 1. The highest BCUT2D eigenvalue weighted by atomic mass is 32.2. The molecule has 0 atom stereocenters. The van der Waals surface area contributed by atoms with Gasteiger partial charge in [0.2, 0.25) is 10.0 Å². The van der Waals surface area contributed by atoms with Gasteiger partial charge < -0.3 is 5.32 Å². The third kappa shape index (κ3) is 3.85. The molecule has 1 aromatic heterocycles. The number of hydrogen-bond acceptors (Lipinski definition) is 5. The topological polar surface area (TPSA) is 71.1 Å². The summed E-state index contributed by atoms with van der Waals surface area (Å²) in [6.45, 7) is 2.37. The first-order valence-corrected chi connectivity index (χ1v) is 8.62. The van der Waals surface area contributed by atoms with E-state index in [-0.39, 0.29) is 11.4 Å². The highest BCUT2D eigenvalue weighted by Crippen LogP contribution is 2.18. The molecule has 0 aliphatic heterocycles. The zero-order valence-corrected chi connectivity index (χ0v) is 13.3. The maximum atomic E-state index is 13.8. The van der Waals surface area contributed by atoms with Crippen molar-refractivity contribution in [3.63, 3.8) is 0 Å². The Hall–Kier alpha value is -1.35. The Balaban J connectivity index is 2.22. The van der Waals surface area contributed by atoms with Crippen molar-refractivity contribution in [2.45, 2.75) is 24.9 Å². The molecule has 2 rings (SSSR count). The Morgan fingerprint density at radius 2 is 2.10 bits per heavy atom. The minimum Gasteiger partial charge on any atom is -0.316 e. The number of benzene rings is 1. The standard InChI is InChI=1S/C13H16FN3O2S2/c1-9-12(20-8-16-9)7-17-21(18,19)13-5-10(6-15-2)3-4-11(13)14/h3-5,8,15,17H,6-7H2,1-2H3. The van der Waals surface area contributed by atoms with E-state index < -0.39 is 15.8 Å². The average molecular weight is 329 g/mol. The summed E-state index contributed by atoms with van der Waals surface area (Å²) < 4.78 is 40.7. The largest absolute Gasteiger partial charge is 0.316 e. The predicted octanol–water partition coefficient (Wildman–Crippen LogP) is 1.79. The summed E-state index contributed by atoms with van der Waals surface area (Å²) in [4.78, 5) is 4.52. The third-order valence-electron chi connectivity index (χ3n) is 2.93. The molecule has 1 aromatic carbocycles. The van der Waals surface area contributed by atoms with Crippen LogP contribution in [0.5, 0.6) is 0 Å². The molecule has 0 aliphatic carbocycles. The maximum absolute atomic E-state index is 13.8. The Bertz CT molecular complexity index is 729. The molecule has 0 radical (unpaired) electrons. The lowest BCUT2D eigenvalue weighted by molar-refractivity contribution is 0.556. The number of nitrogens with zero attached hydrogens (tertiary/aromatic N) is 1. The number of aryl methyl sites for hydroxylation is 1. The maximum Gasteiger partial charge on any atom is 0.243 e. The highest BCUT2D eigenvalue weighted by Gasteiger charge is 2.20. The van der Waals surface area contributed by atoms with Crippen LogP contribution >= 0.6 is 11.3 Å². The summed E-state index contributed by atoms with van der Waals surface area (Å²) in [5.41, 5.74) is 3.12. The number of halogens is 1. The van der Waals surface area contributed by atoms with Crippen LogP contribution in [0.3, 0.4) is 0 Å². The summed E-state index contributed by atoms with van der Waals surface area (Å²) in [5, 5.41) is 2.90. The van der Waals surface area contributed by atoms with E-state index in [1.54, 1.807) is 25.5 Å². The molecule has 0 saturated carbocycles. The van der Waals surface area contributed by atoms with E-state index in [9.17, 15) is 12.8 Å². The Morgan fingerprint density at radius 1 is 1.33 bits per heavy atom. The van der Waals surface area contributed by atoms with Crippen LogP contribution in [0.2, 0.25) is 0 Å². The number of hydrogen-bond donors (Lipinski definition) is 2. The van der Waals surface area contributed by atoms with Gasteiger partial charge in [-0.15, -0.1) is 11.3 Å². The van der Waals surface area contributed by atoms with Gasteiger partial charge in [-0.3, -0.25) is 0 Å². The van der Waals surface area contributed by atoms with E-state index >= 15 is 0 Å². The van der Waals surface area contributed by atoms with Crippen molar-refractivity contribution < 1.29 is 12.8 Å². The van der Waals surface area contributed by atoms with Gasteiger partial charge in [0.05, 0.1) is 11.2 Å². The Kier molecular flexibility index (Phi) is 5.04. The van der Waals surface area contributed by atoms with Crippen molar-refractivity contribution in [3.8, 4) is 0 Å². The summed E-state index contributed by atoms with van der Waals surface area (Å²) in [7, 11) is -2.16. The van der Waals surface area contributed by atoms with Crippen LogP contribution in [0.1, 0.15) is 16.1 Å². The van der Waals surface area contributed by atoms with E-state index in [2.05, 4.69) is 15.0 Å². The minimum atomic E-state index is -3.90. The molecule has 0 fully saturated rings. The number of rotatable bonds is 6. The molecule has 1 heterocycles. The lowest BCUT2D eigenvalue weighted by Gasteiger charge is -2.09. The molecular weight excluding hydrogens is 313 g/mol. The van der Waals surface area contributed by atoms with Crippen LogP contribution in [0.25, 0.3) is 0 Å². The van der Waals surface area contributed by atoms with Gasteiger partial charge in [0.25, 0.3) is 0 Å². The number of nitrogens with one attached hydrogen (secondary N) is 2. The van der Waals surface area contributed by atoms with E-state index in [0.29, 0.717) is 12.1 Å². The van der Waals surface area contributed by atoms with Crippen molar-refractivity contribution in [2.24, 2.45) is 0 Å². The van der Waals surface area contributed by atoms with Gasteiger partial charge in [-0.2, -0.15) is 0 Å². The van der Waals surface area contributed by atoms with Crippen molar-refractivity contribution in [1.29, 1.82) is 0 Å². The summed E-state index contributed by atoms with van der Waals surface area (Å²) >= 11 is 1.36. The number of sulfonamides is 1. The van der Waals surface area contributed by atoms with Crippen molar-refractivity contribution >= 4 is 21.4 Å². The SMILES string of the molecule is CNCc1ccc(F)c(S(=O)(=O)NCc2scnc2C)c1. The van der Waals surface area contributed by atoms with E-state index in [1.165, 1.54) is 23.5 Å². The molecule has 0 amide bonds. The van der Waals surface area contributed by atoms with Gasteiger partial charge in [0.1, 0.15) is 10.7 Å². The highest BCUT2D eigenvalue weighted by molar-refractivity contribution is 7.89. The van der Waals surface area contributed by atoms with Crippen LogP contribution < -0.4 is 10.0 Å². The fraction of sp³-hybridized carbons (Fsp3) is 0.308. The first-order chi connectivity index (χ1) is 9.94. The van der Waals surface area contributed by atoms with Crippen molar-refractivity contribution in [3.05, 3.63) is 45.7 Å². The monoisotopic (exact) mass is 329 g/mol. The van der Waals surface area contributed by atoms with Gasteiger partial charge in [0.15, 0.2) is 0 Å². The third-order valence-corrected chi connectivity index (χ3v) is 5.28. The predicted molar refractivity (Wildman–Crippen MR) is 80.0 cm³/mol. The quantitative estimate of drug-likeness (QED) is 0.847. The fourth-order valence-corrected chi connectivity index (χ4v) is 3.73. The smallest absolute Gasteiger partial charge is 0.243 e. The molecule has 0 bridgehead atoms. The van der Waals surface area contributed by atoms with Gasteiger partial charge in [-0.05, 0) is 31.7 Å². The summed E-state index contributed by atoms with van der Waals surface area (Å²) in [5.74, 6) is -0.761. The van der Waals surface area contributed by atoms with Gasteiger partial charge in [-0.25, -0.2) is 22.5 Å². The molecule has 8 heteroatoms. The number of aromatic nitrogens is 1. The molecular formula is C13H16FN3O2S2. The Labute approximate surface area is 127 Å². The normalized spacial score (nSPS) is 11.8. The fourth-order valence-electron chi connectivity index (χ4n) is 1.80. The van der Waals surface area contributed by atoms with E-state index in [1.807, 2.05) is 0 Å². The van der Waals surface area contributed by atoms with Gasteiger partial charge in [-0.1, -0.05) is 6.07 Å². The zero-order valence-electron chi connectivity index (χ0n) is 11.7. The van der Waals surface area contributed by atoms with E-state index in [0.717, 1.165) is 10.6 Å². The van der Waals surface area contributed by atoms with Crippen LogP contribution in [-0.2, 0) is 23.1 Å². The average Bonchev–Trinajstić information content (AvgIpc) is 2.84. The Morgan fingerprint density at radius 3 is 2.71 bits per heavy atom. The molecule has 0 unspecified atom stereocenters. The molecule has 2 aromatic rings. The van der Waals surface area contributed by atoms with Crippen LogP contribution in [0, 0.1) is 12.7 Å². The lowest BCUT2D eigenvalue weighted by atomic mass is 10.2. The molecule has 5 nitrogen and oxygen atoms in total. The zero-order chi connectivity index (χ0) is 15.5. The minimum absolute atomic E-state index is 0.106. The first-order valence-electron chi connectivity index (χ1n) is 6.25. The lowest BCUT2D eigenvalue weighted by Crippen LogP contribution is -2.24. The summed E-state index contributed by atoms with van der Waals surface area (Å²) in [6, 6.07) is 4.06. The molecule has 0 aliphatic rings. The van der Waals surface area contributed by atoms with E-state index in [4.69, 9.17) is 0 Å². The van der Waals surface area contributed by atoms with Gasteiger partial charge >= 0.3 is 0 Å². The van der Waals surface area contributed by atoms with Crippen LogP contribution in [-0.4, -0.2) is 20.4 Å². The van der Waals surface area contributed by atoms with Gasteiger partial charge in [0, 0.05) is 18.0 Å². The summed E-state index contributed by atoms with van der Waals surface area (Å²) in [6.07, 6.45) is 0. The van der Waals surface area contributed by atoms with Crippen molar-refractivity contribution in [2.75, 3.05) is 7.05 Å².